The molecule has 0 bridgehead atoms. The normalized spacial score (nSPS) is 10.7. The summed E-state index contributed by atoms with van der Waals surface area (Å²) in [5.74, 6) is -0.0289. The minimum Gasteiger partial charge on any atom is -0.352 e. The van der Waals surface area contributed by atoms with Crippen molar-refractivity contribution < 1.29 is 4.79 Å². The van der Waals surface area contributed by atoms with Crippen LogP contribution in [-0.4, -0.2) is 17.4 Å². The Labute approximate surface area is 127 Å². The predicted molar refractivity (Wildman–Crippen MR) is 86.8 cm³/mol. The first-order chi connectivity index (χ1) is 10.2. The highest BCUT2D eigenvalue weighted by Crippen LogP contribution is 2.18. The molecule has 0 atom stereocenters. The summed E-state index contributed by atoms with van der Waals surface area (Å²) >= 11 is 1.64. The van der Waals surface area contributed by atoms with E-state index in [1.165, 1.54) is 0 Å². The number of benzene rings is 2. The number of carbonyl (C=O) groups is 1. The third-order valence-electron chi connectivity index (χ3n) is 3.37. The molecule has 0 aliphatic heterocycles. The van der Waals surface area contributed by atoms with Gasteiger partial charge in [0.15, 0.2) is 0 Å². The number of aryl methyl sites for hydroxylation is 1. The number of hydrogen-bond acceptors (Lipinski definition) is 3. The van der Waals surface area contributed by atoms with E-state index in [4.69, 9.17) is 0 Å². The summed E-state index contributed by atoms with van der Waals surface area (Å²) in [6, 6.07) is 13.7. The van der Waals surface area contributed by atoms with Gasteiger partial charge in [-0.2, -0.15) is 0 Å². The molecule has 1 aromatic heterocycles. The van der Waals surface area contributed by atoms with Gasteiger partial charge in [-0.1, -0.05) is 36.4 Å². The van der Waals surface area contributed by atoms with Crippen LogP contribution in [0.1, 0.15) is 21.1 Å². The van der Waals surface area contributed by atoms with Gasteiger partial charge in [-0.3, -0.25) is 4.79 Å². The van der Waals surface area contributed by atoms with Crippen LogP contribution in [0, 0.1) is 6.92 Å². The predicted octanol–water partition coefficient (Wildman–Crippen LogP) is 3.58. The summed E-state index contributed by atoms with van der Waals surface area (Å²) < 4.78 is 0. The lowest BCUT2D eigenvalue weighted by Crippen LogP contribution is -2.25. The van der Waals surface area contributed by atoms with Gasteiger partial charge in [0.1, 0.15) is 0 Å². The fourth-order valence-corrected chi connectivity index (χ4v) is 2.99. The Hall–Kier alpha value is -2.20. The van der Waals surface area contributed by atoms with Crippen molar-refractivity contribution in [1.29, 1.82) is 0 Å². The molecule has 1 amide bonds. The highest BCUT2D eigenvalue weighted by atomic mass is 32.1. The number of carbonyl (C=O) groups excluding carboxylic acids is 1. The number of amides is 1. The highest BCUT2D eigenvalue weighted by molar-refractivity contribution is 7.09. The minimum atomic E-state index is -0.0289. The number of nitrogens with one attached hydrogen (secondary N) is 1. The summed E-state index contributed by atoms with van der Waals surface area (Å²) in [5.41, 5.74) is 1.76. The molecule has 3 nitrogen and oxygen atoms in total. The first kappa shape index (κ1) is 13.8. The molecule has 0 radical (unpaired) electrons. The highest BCUT2D eigenvalue weighted by Gasteiger charge is 2.09. The van der Waals surface area contributed by atoms with Gasteiger partial charge in [-0.25, -0.2) is 4.98 Å². The number of fused-ring (bicyclic) bond motifs is 1. The van der Waals surface area contributed by atoms with Crippen molar-refractivity contribution in [3.63, 3.8) is 0 Å². The second-order valence-electron chi connectivity index (χ2n) is 4.89. The van der Waals surface area contributed by atoms with Gasteiger partial charge >= 0.3 is 0 Å². The SMILES string of the molecule is Cc1nc(CCNC(=O)c2cccc3ccccc23)cs1. The smallest absolute Gasteiger partial charge is 0.251 e. The fourth-order valence-electron chi connectivity index (χ4n) is 2.35. The topological polar surface area (TPSA) is 42.0 Å². The molecule has 2 aromatic carbocycles. The molecule has 1 N–H and O–H groups in total. The molecule has 0 aliphatic carbocycles. The zero-order valence-corrected chi connectivity index (χ0v) is 12.6. The van der Waals surface area contributed by atoms with Crippen LogP contribution >= 0.6 is 11.3 Å². The van der Waals surface area contributed by atoms with E-state index in [-0.39, 0.29) is 5.91 Å². The Kier molecular flexibility index (Phi) is 3.97. The minimum absolute atomic E-state index is 0.0289. The Balaban J connectivity index is 1.69. The summed E-state index contributed by atoms with van der Waals surface area (Å²) in [6.45, 7) is 2.59. The van der Waals surface area contributed by atoms with Crippen LogP contribution in [0.25, 0.3) is 10.8 Å². The molecule has 3 aromatic rings. The third-order valence-corrected chi connectivity index (χ3v) is 4.19. The first-order valence-corrected chi connectivity index (χ1v) is 7.79. The largest absolute Gasteiger partial charge is 0.352 e. The van der Waals surface area contributed by atoms with E-state index in [9.17, 15) is 4.79 Å². The van der Waals surface area contributed by atoms with Crippen LogP contribution in [0.5, 0.6) is 0 Å². The lowest BCUT2D eigenvalue weighted by Gasteiger charge is -2.07. The Morgan fingerprint density at radius 3 is 2.81 bits per heavy atom. The van der Waals surface area contributed by atoms with Crippen molar-refractivity contribution in [2.75, 3.05) is 6.54 Å². The van der Waals surface area contributed by atoms with Crippen molar-refractivity contribution in [2.24, 2.45) is 0 Å². The van der Waals surface area contributed by atoms with Gasteiger partial charge in [0.25, 0.3) is 5.91 Å². The molecular weight excluding hydrogens is 280 g/mol. The zero-order valence-electron chi connectivity index (χ0n) is 11.8. The lowest BCUT2D eigenvalue weighted by atomic mass is 10.0. The van der Waals surface area contributed by atoms with Crippen LogP contribution in [-0.2, 0) is 6.42 Å². The summed E-state index contributed by atoms with van der Waals surface area (Å²) in [5, 5.41) is 8.15. The molecule has 0 fully saturated rings. The maximum Gasteiger partial charge on any atom is 0.251 e. The maximum absolute atomic E-state index is 12.3. The van der Waals surface area contributed by atoms with Crippen LogP contribution in [0.4, 0.5) is 0 Å². The molecule has 0 aliphatic rings. The van der Waals surface area contributed by atoms with E-state index >= 15 is 0 Å². The quantitative estimate of drug-likeness (QED) is 0.799. The Morgan fingerprint density at radius 1 is 1.19 bits per heavy atom. The molecule has 0 saturated heterocycles. The summed E-state index contributed by atoms with van der Waals surface area (Å²) in [4.78, 5) is 16.7. The molecule has 0 unspecified atom stereocenters. The molecule has 0 saturated carbocycles. The number of hydrogen-bond donors (Lipinski definition) is 1. The molecule has 21 heavy (non-hydrogen) atoms. The van der Waals surface area contributed by atoms with E-state index in [2.05, 4.69) is 10.3 Å². The average Bonchev–Trinajstić information content (AvgIpc) is 2.92. The van der Waals surface area contributed by atoms with Crippen molar-refractivity contribution in [3.8, 4) is 0 Å². The van der Waals surface area contributed by atoms with Crippen molar-refractivity contribution in [3.05, 3.63) is 64.1 Å². The standard InChI is InChI=1S/C17H16N2OS/c1-12-19-14(11-21-12)9-10-18-17(20)16-8-4-6-13-5-2-3-7-15(13)16/h2-8,11H,9-10H2,1H3,(H,18,20). The van der Waals surface area contributed by atoms with Crippen molar-refractivity contribution >= 4 is 28.0 Å². The molecule has 1 heterocycles. The second-order valence-corrected chi connectivity index (χ2v) is 5.95. The van der Waals surface area contributed by atoms with E-state index < -0.39 is 0 Å². The van der Waals surface area contributed by atoms with Gasteiger partial charge < -0.3 is 5.32 Å². The van der Waals surface area contributed by atoms with Gasteiger partial charge in [0, 0.05) is 23.9 Å². The molecule has 0 spiro atoms. The Morgan fingerprint density at radius 2 is 2.00 bits per heavy atom. The molecule has 4 heteroatoms. The first-order valence-electron chi connectivity index (χ1n) is 6.91. The second kappa shape index (κ2) is 6.06. The van der Waals surface area contributed by atoms with E-state index in [1.807, 2.05) is 54.8 Å². The zero-order chi connectivity index (χ0) is 14.7. The van der Waals surface area contributed by atoms with Crippen LogP contribution in [0.15, 0.2) is 47.8 Å². The van der Waals surface area contributed by atoms with Crippen molar-refractivity contribution in [1.82, 2.24) is 10.3 Å². The number of thiazole rings is 1. The average molecular weight is 296 g/mol. The fraction of sp³-hybridized carbons (Fsp3) is 0.176. The van der Waals surface area contributed by atoms with Gasteiger partial charge in [-0.05, 0) is 23.8 Å². The monoisotopic (exact) mass is 296 g/mol. The Bertz CT molecular complexity index is 774. The van der Waals surface area contributed by atoms with E-state index in [0.717, 1.165) is 33.5 Å². The number of nitrogens with zero attached hydrogens (tertiary/aromatic N) is 1. The third kappa shape index (κ3) is 3.11. The van der Waals surface area contributed by atoms with Gasteiger partial charge in [0.2, 0.25) is 0 Å². The lowest BCUT2D eigenvalue weighted by molar-refractivity contribution is 0.0956. The van der Waals surface area contributed by atoms with Crippen LogP contribution in [0.3, 0.4) is 0 Å². The molecule has 106 valence electrons. The number of aromatic nitrogens is 1. The molecular formula is C17H16N2OS. The van der Waals surface area contributed by atoms with Crippen LogP contribution < -0.4 is 5.32 Å². The number of rotatable bonds is 4. The van der Waals surface area contributed by atoms with E-state index in [1.54, 1.807) is 11.3 Å². The summed E-state index contributed by atoms with van der Waals surface area (Å²) in [7, 11) is 0. The summed E-state index contributed by atoms with van der Waals surface area (Å²) in [6.07, 6.45) is 0.765. The van der Waals surface area contributed by atoms with Crippen LogP contribution in [0.2, 0.25) is 0 Å². The van der Waals surface area contributed by atoms with Crippen molar-refractivity contribution in [2.45, 2.75) is 13.3 Å². The van der Waals surface area contributed by atoms with Gasteiger partial charge in [0.05, 0.1) is 10.7 Å². The molecule has 3 rings (SSSR count). The van der Waals surface area contributed by atoms with Gasteiger partial charge in [-0.15, -0.1) is 11.3 Å². The maximum atomic E-state index is 12.3. The van der Waals surface area contributed by atoms with E-state index in [0.29, 0.717) is 6.54 Å².